The molecule has 15 heavy (non-hydrogen) atoms. The standard InChI is InChI=1S/C11H17N2O2/c1-7-4-5-8(10(14)12-2)9(6-7)11(15)13-3/h4-6,10-15H,1H2,2-3H3. The van der Waals surface area contributed by atoms with Crippen molar-refractivity contribution in [2.24, 2.45) is 0 Å². The van der Waals surface area contributed by atoms with E-state index in [0.717, 1.165) is 5.56 Å². The van der Waals surface area contributed by atoms with E-state index in [0.29, 0.717) is 11.1 Å². The summed E-state index contributed by atoms with van der Waals surface area (Å²) in [6.45, 7) is 3.78. The van der Waals surface area contributed by atoms with Crippen molar-refractivity contribution in [3.8, 4) is 0 Å². The molecule has 0 aliphatic carbocycles. The molecule has 0 aromatic heterocycles. The first-order valence-corrected chi connectivity index (χ1v) is 4.76. The van der Waals surface area contributed by atoms with Crippen molar-refractivity contribution in [3.05, 3.63) is 41.8 Å². The molecule has 2 unspecified atom stereocenters. The molecule has 0 fully saturated rings. The zero-order valence-electron chi connectivity index (χ0n) is 8.99. The van der Waals surface area contributed by atoms with E-state index in [1.807, 2.05) is 0 Å². The maximum Gasteiger partial charge on any atom is 0.131 e. The average Bonchev–Trinajstić information content (AvgIpc) is 2.26. The number of rotatable bonds is 4. The minimum absolute atomic E-state index is 0.631. The van der Waals surface area contributed by atoms with Crippen LogP contribution in [-0.2, 0) is 0 Å². The predicted octanol–water partition coefficient (Wildman–Crippen LogP) is 0.289. The lowest BCUT2D eigenvalue weighted by Gasteiger charge is -2.19. The third-order valence-electron chi connectivity index (χ3n) is 2.29. The van der Waals surface area contributed by atoms with Gasteiger partial charge in [0.15, 0.2) is 0 Å². The Kier molecular flexibility index (Phi) is 4.23. The normalized spacial score (nSPS) is 15.0. The lowest BCUT2D eigenvalue weighted by Crippen LogP contribution is -2.22. The lowest BCUT2D eigenvalue weighted by molar-refractivity contribution is 0.125. The maximum atomic E-state index is 9.70. The van der Waals surface area contributed by atoms with Crippen molar-refractivity contribution in [3.63, 3.8) is 0 Å². The molecule has 4 heteroatoms. The summed E-state index contributed by atoms with van der Waals surface area (Å²) in [5, 5.41) is 24.8. The molecule has 0 saturated heterocycles. The van der Waals surface area contributed by atoms with E-state index in [1.165, 1.54) is 0 Å². The van der Waals surface area contributed by atoms with Crippen LogP contribution in [0, 0.1) is 6.92 Å². The van der Waals surface area contributed by atoms with Crippen LogP contribution in [0.4, 0.5) is 0 Å². The molecule has 0 bridgehead atoms. The van der Waals surface area contributed by atoms with Crippen LogP contribution in [0.25, 0.3) is 0 Å². The average molecular weight is 209 g/mol. The first kappa shape index (κ1) is 12.1. The molecule has 0 heterocycles. The second-order valence-corrected chi connectivity index (χ2v) is 3.35. The van der Waals surface area contributed by atoms with Gasteiger partial charge in [-0.2, -0.15) is 0 Å². The Morgan fingerprint density at radius 1 is 1.07 bits per heavy atom. The molecular formula is C11H17N2O2. The van der Waals surface area contributed by atoms with Crippen LogP contribution in [0.3, 0.4) is 0 Å². The molecule has 1 radical (unpaired) electrons. The van der Waals surface area contributed by atoms with E-state index in [9.17, 15) is 10.2 Å². The summed E-state index contributed by atoms with van der Waals surface area (Å²) in [5.41, 5.74) is 2.07. The van der Waals surface area contributed by atoms with E-state index in [2.05, 4.69) is 17.6 Å². The van der Waals surface area contributed by atoms with Gasteiger partial charge in [0.25, 0.3) is 0 Å². The molecular weight excluding hydrogens is 192 g/mol. The topological polar surface area (TPSA) is 64.5 Å². The molecule has 0 saturated carbocycles. The van der Waals surface area contributed by atoms with E-state index in [-0.39, 0.29) is 0 Å². The number of hydrogen-bond donors (Lipinski definition) is 4. The molecule has 1 aromatic carbocycles. The minimum atomic E-state index is -0.801. The van der Waals surface area contributed by atoms with Gasteiger partial charge >= 0.3 is 0 Å². The van der Waals surface area contributed by atoms with Gasteiger partial charge in [0, 0.05) is 11.1 Å². The highest BCUT2D eigenvalue weighted by Crippen LogP contribution is 2.22. The van der Waals surface area contributed by atoms with Gasteiger partial charge in [0.05, 0.1) is 0 Å². The summed E-state index contributed by atoms with van der Waals surface area (Å²) in [4.78, 5) is 0. The quantitative estimate of drug-likeness (QED) is 0.538. The van der Waals surface area contributed by atoms with Crippen LogP contribution >= 0.6 is 0 Å². The van der Waals surface area contributed by atoms with Crippen LogP contribution in [0.1, 0.15) is 29.1 Å². The van der Waals surface area contributed by atoms with E-state index < -0.39 is 12.5 Å². The van der Waals surface area contributed by atoms with Gasteiger partial charge in [-0.3, -0.25) is 10.6 Å². The van der Waals surface area contributed by atoms with Gasteiger partial charge in [0.1, 0.15) is 12.5 Å². The van der Waals surface area contributed by atoms with Crippen molar-refractivity contribution in [2.45, 2.75) is 12.5 Å². The van der Waals surface area contributed by atoms with Crippen LogP contribution in [0.2, 0.25) is 0 Å². The molecule has 1 aromatic rings. The first-order valence-electron chi connectivity index (χ1n) is 4.76. The van der Waals surface area contributed by atoms with Crippen LogP contribution in [0.5, 0.6) is 0 Å². The van der Waals surface area contributed by atoms with Crippen molar-refractivity contribution < 1.29 is 10.2 Å². The zero-order chi connectivity index (χ0) is 11.4. The Bertz CT molecular complexity index is 328. The third kappa shape index (κ3) is 2.76. The molecule has 4 N–H and O–H groups in total. The Morgan fingerprint density at radius 3 is 2.13 bits per heavy atom. The Hall–Kier alpha value is -0.940. The summed E-state index contributed by atoms with van der Waals surface area (Å²) in [7, 11) is 3.30. The molecule has 4 nitrogen and oxygen atoms in total. The largest absolute Gasteiger partial charge is 0.374 e. The second kappa shape index (κ2) is 5.23. The third-order valence-corrected chi connectivity index (χ3v) is 2.29. The molecule has 0 spiro atoms. The Balaban J connectivity index is 3.14. The molecule has 0 amide bonds. The van der Waals surface area contributed by atoms with E-state index in [4.69, 9.17) is 0 Å². The molecule has 83 valence electrons. The highest BCUT2D eigenvalue weighted by Gasteiger charge is 2.15. The molecule has 0 aliphatic rings. The summed E-state index contributed by atoms with van der Waals surface area (Å²) in [5.74, 6) is 0. The molecule has 0 aliphatic heterocycles. The summed E-state index contributed by atoms with van der Waals surface area (Å²) in [6.07, 6.45) is -1.59. The smallest absolute Gasteiger partial charge is 0.131 e. The fraction of sp³-hybridized carbons (Fsp3) is 0.364. The van der Waals surface area contributed by atoms with Crippen molar-refractivity contribution in [1.82, 2.24) is 10.6 Å². The van der Waals surface area contributed by atoms with Gasteiger partial charge < -0.3 is 10.2 Å². The second-order valence-electron chi connectivity index (χ2n) is 3.35. The van der Waals surface area contributed by atoms with Crippen LogP contribution in [0.15, 0.2) is 18.2 Å². The van der Waals surface area contributed by atoms with E-state index >= 15 is 0 Å². The zero-order valence-corrected chi connectivity index (χ0v) is 8.99. The summed E-state index contributed by atoms with van der Waals surface area (Å²) < 4.78 is 0. The Labute approximate surface area is 89.9 Å². The highest BCUT2D eigenvalue weighted by atomic mass is 16.3. The lowest BCUT2D eigenvalue weighted by atomic mass is 10.0. The summed E-state index contributed by atoms with van der Waals surface area (Å²) in [6, 6.07) is 5.29. The number of nitrogens with one attached hydrogen (secondary N) is 2. The van der Waals surface area contributed by atoms with Gasteiger partial charge in [-0.25, -0.2) is 0 Å². The van der Waals surface area contributed by atoms with Crippen molar-refractivity contribution >= 4 is 0 Å². The van der Waals surface area contributed by atoms with Crippen molar-refractivity contribution in [1.29, 1.82) is 0 Å². The molecule has 2 atom stereocenters. The Morgan fingerprint density at radius 2 is 1.60 bits per heavy atom. The van der Waals surface area contributed by atoms with Gasteiger partial charge in [-0.05, 0) is 26.6 Å². The fourth-order valence-electron chi connectivity index (χ4n) is 1.42. The summed E-state index contributed by atoms with van der Waals surface area (Å²) >= 11 is 0. The SMILES string of the molecule is [CH2]c1ccc(C(O)NC)c(C(O)NC)c1. The van der Waals surface area contributed by atoms with Crippen LogP contribution in [-0.4, -0.2) is 24.3 Å². The maximum absolute atomic E-state index is 9.70. The van der Waals surface area contributed by atoms with E-state index in [1.54, 1.807) is 32.3 Å². The van der Waals surface area contributed by atoms with Gasteiger partial charge in [-0.1, -0.05) is 18.2 Å². The predicted molar refractivity (Wildman–Crippen MR) is 58.9 cm³/mol. The first-order chi connectivity index (χ1) is 7.10. The monoisotopic (exact) mass is 209 g/mol. The minimum Gasteiger partial charge on any atom is -0.374 e. The van der Waals surface area contributed by atoms with Crippen LogP contribution < -0.4 is 10.6 Å². The van der Waals surface area contributed by atoms with Crippen molar-refractivity contribution in [2.75, 3.05) is 14.1 Å². The van der Waals surface area contributed by atoms with Gasteiger partial charge in [-0.15, -0.1) is 0 Å². The molecule has 1 rings (SSSR count). The van der Waals surface area contributed by atoms with Gasteiger partial charge in [0.2, 0.25) is 0 Å². The number of aliphatic hydroxyl groups is 2. The fourth-order valence-corrected chi connectivity index (χ4v) is 1.42. The number of aliphatic hydroxyl groups excluding tert-OH is 2. The number of hydrogen-bond acceptors (Lipinski definition) is 4. The highest BCUT2D eigenvalue weighted by molar-refractivity contribution is 5.35. The number of benzene rings is 1.